The maximum atomic E-state index is 12.3. The molecule has 0 spiro atoms. The number of hydrogen-bond acceptors (Lipinski definition) is 6. The summed E-state index contributed by atoms with van der Waals surface area (Å²) in [5, 5.41) is 4.01. The number of nitrogens with zero attached hydrogens (tertiary/aromatic N) is 3. The van der Waals surface area contributed by atoms with Gasteiger partial charge in [0.15, 0.2) is 5.13 Å². The van der Waals surface area contributed by atoms with Gasteiger partial charge in [-0.05, 0) is 38.1 Å². The van der Waals surface area contributed by atoms with E-state index in [0.717, 1.165) is 37.4 Å². The molecule has 23 heavy (non-hydrogen) atoms. The predicted molar refractivity (Wildman–Crippen MR) is 92.4 cm³/mol. The molecular formula is C15H18ClN5OS. The first-order chi connectivity index (χ1) is 11.1. The fourth-order valence-corrected chi connectivity index (χ4v) is 3.49. The van der Waals surface area contributed by atoms with Crippen LogP contribution in [0.4, 0.5) is 10.9 Å². The lowest BCUT2D eigenvalue weighted by Crippen LogP contribution is -2.37. The van der Waals surface area contributed by atoms with E-state index in [1.165, 1.54) is 17.5 Å². The van der Waals surface area contributed by atoms with Gasteiger partial charge in [0.2, 0.25) is 5.91 Å². The quantitative estimate of drug-likeness (QED) is 0.884. The summed E-state index contributed by atoms with van der Waals surface area (Å²) in [6.45, 7) is 2.63. The minimum Gasteiger partial charge on any atom is -0.375 e. The standard InChI is InChI=1S/C15H18ClN5OS/c16-11-1-2-13(18-7-11)20-14(22)10-3-5-21(6-4-10)9-12-8-19-15(17)23-12/h1-2,7-8,10H,3-6,9H2,(H2,17,19)(H,18,20,22). The Morgan fingerprint density at radius 2 is 2.13 bits per heavy atom. The van der Waals surface area contributed by atoms with E-state index in [-0.39, 0.29) is 11.8 Å². The zero-order chi connectivity index (χ0) is 16.2. The second-order valence-corrected chi connectivity index (χ2v) is 7.15. The van der Waals surface area contributed by atoms with E-state index in [9.17, 15) is 4.79 Å². The maximum Gasteiger partial charge on any atom is 0.228 e. The van der Waals surface area contributed by atoms with Gasteiger partial charge in [-0.1, -0.05) is 11.6 Å². The molecule has 3 heterocycles. The van der Waals surface area contributed by atoms with Gasteiger partial charge in [-0.3, -0.25) is 9.69 Å². The summed E-state index contributed by atoms with van der Waals surface area (Å²) in [7, 11) is 0. The van der Waals surface area contributed by atoms with Gasteiger partial charge >= 0.3 is 0 Å². The SMILES string of the molecule is Nc1ncc(CN2CCC(C(=O)Nc3ccc(Cl)cn3)CC2)s1. The van der Waals surface area contributed by atoms with Crippen LogP contribution < -0.4 is 11.1 Å². The molecule has 1 amide bonds. The molecule has 2 aromatic heterocycles. The third-order valence-electron chi connectivity index (χ3n) is 3.89. The molecule has 0 radical (unpaired) electrons. The number of rotatable bonds is 4. The van der Waals surface area contributed by atoms with E-state index >= 15 is 0 Å². The van der Waals surface area contributed by atoms with Crippen LogP contribution in [-0.4, -0.2) is 33.9 Å². The lowest BCUT2D eigenvalue weighted by atomic mass is 9.96. The highest BCUT2D eigenvalue weighted by Gasteiger charge is 2.25. The highest BCUT2D eigenvalue weighted by Crippen LogP contribution is 2.23. The highest BCUT2D eigenvalue weighted by molar-refractivity contribution is 7.15. The molecule has 1 fully saturated rings. The molecular weight excluding hydrogens is 334 g/mol. The predicted octanol–water partition coefficient (Wildman–Crippen LogP) is 2.62. The number of likely N-dealkylation sites (tertiary alicyclic amines) is 1. The molecule has 0 saturated carbocycles. The van der Waals surface area contributed by atoms with Gasteiger partial charge in [-0.25, -0.2) is 9.97 Å². The van der Waals surface area contributed by atoms with Crippen LogP contribution in [0.2, 0.25) is 5.02 Å². The van der Waals surface area contributed by atoms with E-state index in [4.69, 9.17) is 17.3 Å². The lowest BCUT2D eigenvalue weighted by molar-refractivity contribution is -0.121. The topological polar surface area (TPSA) is 84.1 Å². The average molecular weight is 352 g/mol. The third-order valence-corrected chi connectivity index (χ3v) is 4.92. The Hall–Kier alpha value is -1.70. The number of carbonyl (C=O) groups is 1. The second-order valence-electron chi connectivity index (χ2n) is 5.57. The lowest BCUT2D eigenvalue weighted by Gasteiger charge is -2.30. The molecule has 8 heteroatoms. The summed E-state index contributed by atoms with van der Waals surface area (Å²) in [6, 6.07) is 3.43. The number of aromatic nitrogens is 2. The van der Waals surface area contributed by atoms with Crippen molar-refractivity contribution in [3.8, 4) is 0 Å². The van der Waals surface area contributed by atoms with Crippen molar-refractivity contribution in [2.75, 3.05) is 24.1 Å². The normalized spacial score (nSPS) is 16.4. The summed E-state index contributed by atoms with van der Waals surface area (Å²) >= 11 is 7.31. The van der Waals surface area contributed by atoms with Gasteiger partial charge < -0.3 is 11.1 Å². The molecule has 0 aromatic carbocycles. The molecule has 1 aliphatic rings. The van der Waals surface area contributed by atoms with Crippen LogP contribution >= 0.6 is 22.9 Å². The number of nitrogen functional groups attached to an aromatic ring is 1. The first kappa shape index (κ1) is 16.2. The first-order valence-corrected chi connectivity index (χ1v) is 8.64. The van der Waals surface area contributed by atoms with Crippen molar-refractivity contribution in [1.29, 1.82) is 0 Å². The molecule has 3 rings (SSSR count). The molecule has 0 aliphatic carbocycles. The number of anilines is 2. The zero-order valence-corrected chi connectivity index (χ0v) is 14.1. The van der Waals surface area contributed by atoms with Crippen molar-refractivity contribution >= 4 is 39.8 Å². The van der Waals surface area contributed by atoms with E-state index in [2.05, 4.69) is 20.2 Å². The summed E-state index contributed by atoms with van der Waals surface area (Å²) in [5.41, 5.74) is 5.65. The number of pyridine rings is 1. The smallest absolute Gasteiger partial charge is 0.228 e. The van der Waals surface area contributed by atoms with Gasteiger partial charge in [0.1, 0.15) is 5.82 Å². The minimum absolute atomic E-state index is 0.0234. The van der Waals surface area contributed by atoms with Crippen LogP contribution in [0.1, 0.15) is 17.7 Å². The maximum absolute atomic E-state index is 12.3. The molecule has 2 aromatic rings. The summed E-state index contributed by atoms with van der Waals surface area (Å²) in [4.78, 5) is 23.9. The zero-order valence-electron chi connectivity index (χ0n) is 12.5. The van der Waals surface area contributed by atoms with Crippen molar-refractivity contribution in [2.24, 2.45) is 5.92 Å². The summed E-state index contributed by atoms with van der Waals surface area (Å²) in [6.07, 6.45) is 5.03. The highest BCUT2D eigenvalue weighted by atomic mass is 35.5. The van der Waals surface area contributed by atoms with Gasteiger partial charge in [-0.15, -0.1) is 11.3 Å². The van der Waals surface area contributed by atoms with Gasteiger partial charge in [0.05, 0.1) is 5.02 Å². The molecule has 0 bridgehead atoms. The Kier molecular flexibility index (Phi) is 5.09. The first-order valence-electron chi connectivity index (χ1n) is 7.45. The number of hydrogen-bond donors (Lipinski definition) is 2. The summed E-state index contributed by atoms with van der Waals surface area (Å²) in [5.74, 6) is 0.596. The van der Waals surface area contributed by atoms with Crippen LogP contribution in [-0.2, 0) is 11.3 Å². The van der Waals surface area contributed by atoms with Crippen LogP contribution in [0.25, 0.3) is 0 Å². The van der Waals surface area contributed by atoms with Crippen LogP contribution in [0.5, 0.6) is 0 Å². The van der Waals surface area contributed by atoms with Crippen molar-refractivity contribution in [3.63, 3.8) is 0 Å². The van der Waals surface area contributed by atoms with Crippen molar-refractivity contribution < 1.29 is 4.79 Å². The molecule has 122 valence electrons. The van der Waals surface area contributed by atoms with Crippen molar-refractivity contribution in [2.45, 2.75) is 19.4 Å². The molecule has 6 nitrogen and oxygen atoms in total. The Balaban J connectivity index is 1.48. The van der Waals surface area contributed by atoms with E-state index in [1.54, 1.807) is 12.1 Å². The van der Waals surface area contributed by atoms with Gasteiger partial charge in [0, 0.05) is 29.7 Å². The number of amides is 1. The summed E-state index contributed by atoms with van der Waals surface area (Å²) < 4.78 is 0. The van der Waals surface area contributed by atoms with Crippen LogP contribution in [0, 0.1) is 5.92 Å². The van der Waals surface area contributed by atoms with Crippen LogP contribution in [0.3, 0.4) is 0 Å². The number of carbonyl (C=O) groups excluding carboxylic acids is 1. The third kappa shape index (κ3) is 4.40. The van der Waals surface area contributed by atoms with Crippen molar-refractivity contribution in [3.05, 3.63) is 34.4 Å². The number of thiazole rings is 1. The van der Waals surface area contributed by atoms with E-state index < -0.39 is 0 Å². The molecule has 3 N–H and O–H groups in total. The number of piperidine rings is 1. The number of nitrogens with one attached hydrogen (secondary N) is 1. The fourth-order valence-electron chi connectivity index (χ4n) is 2.65. The Labute approximate surface area is 143 Å². The molecule has 0 atom stereocenters. The monoisotopic (exact) mass is 351 g/mol. The Bertz CT molecular complexity index is 667. The molecule has 1 saturated heterocycles. The molecule has 1 aliphatic heterocycles. The van der Waals surface area contributed by atoms with Gasteiger partial charge in [-0.2, -0.15) is 0 Å². The second kappa shape index (κ2) is 7.25. The fraction of sp³-hybridized carbons (Fsp3) is 0.400. The number of halogens is 1. The van der Waals surface area contributed by atoms with Gasteiger partial charge in [0.25, 0.3) is 0 Å². The van der Waals surface area contributed by atoms with E-state index in [1.807, 2.05) is 6.20 Å². The number of nitrogens with two attached hydrogens (primary N) is 1. The largest absolute Gasteiger partial charge is 0.375 e. The minimum atomic E-state index is 0.0234. The molecule has 0 unspecified atom stereocenters. The van der Waals surface area contributed by atoms with Crippen LogP contribution in [0.15, 0.2) is 24.5 Å². The Morgan fingerprint density at radius 1 is 1.35 bits per heavy atom. The van der Waals surface area contributed by atoms with E-state index in [0.29, 0.717) is 16.0 Å². The van der Waals surface area contributed by atoms with Crippen molar-refractivity contribution in [1.82, 2.24) is 14.9 Å². The average Bonchev–Trinajstić information content (AvgIpc) is 2.95. The Morgan fingerprint density at radius 3 is 2.74 bits per heavy atom.